The Balaban J connectivity index is 2.14. The second-order valence-corrected chi connectivity index (χ2v) is 6.58. The van der Waals surface area contributed by atoms with Gasteiger partial charge in [0, 0.05) is 17.1 Å². The first-order valence-corrected chi connectivity index (χ1v) is 7.39. The molecule has 0 fully saturated rings. The van der Waals surface area contributed by atoms with Crippen molar-refractivity contribution in [3.8, 4) is 0 Å². The number of hydrogen-bond donors (Lipinski definition) is 1. The van der Waals surface area contributed by atoms with E-state index in [0.29, 0.717) is 5.56 Å². The van der Waals surface area contributed by atoms with Crippen molar-refractivity contribution in [2.75, 3.05) is 12.4 Å². The fourth-order valence-electron chi connectivity index (χ4n) is 1.79. The first-order valence-electron chi connectivity index (χ1n) is 5.78. The van der Waals surface area contributed by atoms with Crippen LogP contribution in [-0.2, 0) is 11.3 Å². The molecule has 1 heterocycles. The van der Waals surface area contributed by atoms with Gasteiger partial charge in [-0.25, -0.2) is 4.79 Å². The monoisotopic (exact) mass is 339 g/mol. The molecule has 1 aromatic carbocycles. The van der Waals surface area contributed by atoms with Crippen LogP contribution in [0.25, 0.3) is 0 Å². The van der Waals surface area contributed by atoms with Gasteiger partial charge in [0.1, 0.15) is 0 Å². The van der Waals surface area contributed by atoms with E-state index in [-0.39, 0.29) is 5.97 Å². The molecule has 0 unspecified atom stereocenters. The zero-order valence-corrected chi connectivity index (χ0v) is 13.1. The number of anilines is 1. The summed E-state index contributed by atoms with van der Waals surface area (Å²) in [6.07, 6.45) is 0. The molecule has 0 saturated carbocycles. The Hall–Kier alpha value is -1.33. The molecule has 2 rings (SSSR count). The molecule has 0 saturated heterocycles. The van der Waals surface area contributed by atoms with E-state index >= 15 is 0 Å². The SMILES string of the molecule is COC(=O)c1cccc(NCc2ccc(Br)s2)c1C. The quantitative estimate of drug-likeness (QED) is 0.847. The van der Waals surface area contributed by atoms with Gasteiger partial charge >= 0.3 is 5.97 Å². The highest BCUT2D eigenvalue weighted by Crippen LogP contribution is 2.24. The van der Waals surface area contributed by atoms with E-state index in [9.17, 15) is 4.79 Å². The fourth-order valence-corrected chi connectivity index (χ4v) is 3.21. The molecular formula is C14H14BrNO2S. The number of thiophene rings is 1. The number of rotatable bonds is 4. The van der Waals surface area contributed by atoms with Crippen LogP contribution in [0.4, 0.5) is 5.69 Å². The van der Waals surface area contributed by atoms with Crippen molar-refractivity contribution in [1.82, 2.24) is 0 Å². The number of carbonyl (C=O) groups is 1. The maximum atomic E-state index is 11.6. The Morgan fingerprint density at radius 2 is 2.16 bits per heavy atom. The molecule has 0 spiro atoms. The zero-order valence-electron chi connectivity index (χ0n) is 10.7. The molecule has 100 valence electrons. The summed E-state index contributed by atoms with van der Waals surface area (Å²) in [5.41, 5.74) is 2.46. The van der Waals surface area contributed by atoms with Gasteiger partial charge in [0.25, 0.3) is 0 Å². The summed E-state index contributed by atoms with van der Waals surface area (Å²) in [5.74, 6) is -0.306. The van der Waals surface area contributed by atoms with E-state index in [1.807, 2.05) is 25.1 Å². The van der Waals surface area contributed by atoms with Crippen molar-refractivity contribution < 1.29 is 9.53 Å². The molecule has 19 heavy (non-hydrogen) atoms. The van der Waals surface area contributed by atoms with Gasteiger partial charge in [-0.05, 0) is 52.7 Å². The van der Waals surface area contributed by atoms with Crippen molar-refractivity contribution in [1.29, 1.82) is 0 Å². The Morgan fingerprint density at radius 3 is 2.79 bits per heavy atom. The molecule has 0 aliphatic carbocycles. The molecule has 3 nitrogen and oxygen atoms in total. The molecular weight excluding hydrogens is 326 g/mol. The van der Waals surface area contributed by atoms with Crippen LogP contribution in [0, 0.1) is 6.92 Å². The Labute approximate surface area is 124 Å². The molecule has 0 aliphatic heterocycles. The van der Waals surface area contributed by atoms with Crippen LogP contribution in [0.5, 0.6) is 0 Å². The van der Waals surface area contributed by atoms with Crippen molar-refractivity contribution in [2.24, 2.45) is 0 Å². The fraction of sp³-hybridized carbons (Fsp3) is 0.214. The summed E-state index contributed by atoms with van der Waals surface area (Å²) in [4.78, 5) is 12.8. The van der Waals surface area contributed by atoms with Crippen LogP contribution in [0.3, 0.4) is 0 Å². The predicted octanol–water partition coefficient (Wildman–Crippen LogP) is 4.22. The minimum absolute atomic E-state index is 0.306. The maximum Gasteiger partial charge on any atom is 0.338 e. The van der Waals surface area contributed by atoms with Crippen LogP contribution in [0.1, 0.15) is 20.8 Å². The highest BCUT2D eigenvalue weighted by Gasteiger charge is 2.11. The smallest absolute Gasteiger partial charge is 0.338 e. The van der Waals surface area contributed by atoms with Crippen molar-refractivity contribution in [3.05, 3.63) is 50.1 Å². The van der Waals surface area contributed by atoms with Crippen LogP contribution in [0.15, 0.2) is 34.1 Å². The molecule has 0 aliphatic rings. The molecule has 0 bridgehead atoms. The normalized spacial score (nSPS) is 10.3. The highest BCUT2D eigenvalue weighted by atomic mass is 79.9. The third-order valence-corrected chi connectivity index (χ3v) is 4.44. The number of hydrogen-bond acceptors (Lipinski definition) is 4. The first kappa shape index (κ1) is 14.1. The van der Waals surface area contributed by atoms with Gasteiger partial charge < -0.3 is 10.1 Å². The molecule has 1 N–H and O–H groups in total. The summed E-state index contributed by atoms with van der Waals surface area (Å²) in [6.45, 7) is 2.65. The standard InChI is InChI=1S/C14H14BrNO2S/c1-9-11(14(17)18-2)4-3-5-12(9)16-8-10-6-7-13(15)19-10/h3-7,16H,8H2,1-2H3. The summed E-state index contributed by atoms with van der Waals surface area (Å²) >= 11 is 5.13. The number of esters is 1. The molecule has 0 amide bonds. The lowest BCUT2D eigenvalue weighted by Gasteiger charge is -2.11. The number of carbonyl (C=O) groups excluding carboxylic acids is 1. The molecule has 0 atom stereocenters. The van der Waals surface area contributed by atoms with Crippen molar-refractivity contribution in [2.45, 2.75) is 13.5 Å². The van der Waals surface area contributed by atoms with Crippen LogP contribution in [0.2, 0.25) is 0 Å². The zero-order chi connectivity index (χ0) is 13.8. The minimum atomic E-state index is -0.306. The lowest BCUT2D eigenvalue weighted by atomic mass is 10.1. The summed E-state index contributed by atoms with van der Waals surface area (Å²) in [5, 5.41) is 3.34. The van der Waals surface area contributed by atoms with Crippen LogP contribution in [-0.4, -0.2) is 13.1 Å². The number of halogens is 1. The van der Waals surface area contributed by atoms with E-state index in [2.05, 4.69) is 27.3 Å². The first-order chi connectivity index (χ1) is 9.11. The highest BCUT2D eigenvalue weighted by molar-refractivity contribution is 9.11. The molecule has 2 aromatic rings. The van der Waals surface area contributed by atoms with Gasteiger partial charge in [-0.2, -0.15) is 0 Å². The predicted molar refractivity (Wildman–Crippen MR) is 81.9 cm³/mol. The van der Waals surface area contributed by atoms with Gasteiger partial charge in [-0.15, -0.1) is 11.3 Å². The van der Waals surface area contributed by atoms with E-state index in [1.165, 1.54) is 12.0 Å². The summed E-state index contributed by atoms with van der Waals surface area (Å²) in [6, 6.07) is 9.69. The van der Waals surface area contributed by atoms with Crippen LogP contribution >= 0.6 is 27.3 Å². The van der Waals surface area contributed by atoms with Gasteiger partial charge in [0.05, 0.1) is 16.5 Å². The minimum Gasteiger partial charge on any atom is -0.465 e. The number of benzene rings is 1. The molecule has 5 heteroatoms. The van der Waals surface area contributed by atoms with Gasteiger partial charge in [0.15, 0.2) is 0 Å². The average Bonchev–Trinajstić information content (AvgIpc) is 2.82. The lowest BCUT2D eigenvalue weighted by Crippen LogP contribution is -2.07. The Bertz CT molecular complexity index is 595. The van der Waals surface area contributed by atoms with E-state index in [1.54, 1.807) is 17.4 Å². The molecule has 1 aromatic heterocycles. The third kappa shape index (κ3) is 3.36. The van der Waals surface area contributed by atoms with Gasteiger partial charge in [0.2, 0.25) is 0 Å². The number of nitrogens with one attached hydrogen (secondary N) is 1. The number of methoxy groups -OCH3 is 1. The average molecular weight is 340 g/mol. The van der Waals surface area contributed by atoms with Crippen molar-refractivity contribution >= 4 is 38.9 Å². The largest absolute Gasteiger partial charge is 0.465 e. The topological polar surface area (TPSA) is 38.3 Å². The molecule has 0 radical (unpaired) electrons. The van der Waals surface area contributed by atoms with E-state index in [0.717, 1.165) is 21.6 Å². The lowest BCUT2D eigenvalue weighted by molar-refractivity contribution is 0.0600. The maximum absolute atomic E-state index is 11.6. The van der Waals surface area contributed by atoms with E-state index < -0.39 is 0 Å². The van der Waals surface area contributed by atoms with Crippen LogP contribution < -0.4 is 5.32 Å². The van der Waals surface area contributed by atoms with Gasteiger partial charge in [-0.1, -0.05) is 6.07 Å². The summed E-state index contributed by atoms with van der Waals surface area (Å²) in [7, 11) is 1.39. The van der Waals surface area contributed by atoms with Gasteiger partial charge in [-0.3, -0.25) is 0 Å². The number of ether oxygens (including phenoxy) is 1. The second kappa shape index (κ2) is 6.21. The van der Waals surface area contributed by atoms with E-state index in [4.69, 9.17) is 4.74 Å². The second-order valence-electron chi connectivity index (χ2n) is 4.03. The summed E-state index contributed by atoms with van der Waals surface area (Å²) < 4.78 is 5.88. The van der Waals surface area contributed by atoms with Crippen molar-refractivity contribution in [3.63, 3.8) is 0 Å². The Kier molecular flexibility index (Phi) is 4.61. The third-order valence-electron chi connectivity index (χ3n) is 2.82. The Morgan fingerprint density at radius 1 is 1.37 bits per heavy atom.